The molecule has 0 aliphatic carbocycles. The molecular formula is C24H23NO2. The van der Waals surface area contributed by atoms with Crippen molar-refractivity contribution in [1.82, 2.24) is 0 Å². The van der Waals surface area contributed by atoms with Crippen molar-refractivity contribution in [3.63, 3.8) is 0 Å². The topological polar surface area (TPSA) is 38.7 Å². The zero-order chi connectivity index (χ0) is 19.3. The van der Waals surface area contributed by atoms with Gasteiger partial charge in [-0.25, -0.2) is 4.79 Å². The van der Waals surface area contributed by atoms with E-state index in [0.29, 0.717) is 11.5 Å². The summed E-state index contributed by atoms with van der Waals surface area (Å²) >= 11 is 0. The van der Waals surface area contributed by atoms with Crippen LogP contribution in [0.4, 0.5) is 4.79 Å². The molecular weight excluding hydrogens is 334 g/mol. The fraction of sp³-hybridized carbons (Fsp3) is 0.167. The number of hydrogen-bond acceptors (Lipinski definition) is 2. The third kappa shape index (κ3) is 4.70. The van der Waals surface area contributed by atoms with Gasteiger partial charge in [0.15, 0.2) is 0 Å². The molecule has 0 spiro atoms. The minimum Gasteiger partial charge on any atom is -0.408 e. The molecule has 0 atom stereocenters. The minimum absolute atomic E-state index is 0.292. The van der Waals surface area contributed by atoms with E-state index in [2.05, 4.69) is 4.99 Å². The largest absolute Gasteiger partial charge is 0.439 e. The maximum absolute atomic E-state index is 12.6. The van der Waals surface area contributed by atoms with Gasteiger partial charge < -0.3 is 4.74 Å². The lowest BCUT2D eigenvalue weighted by molar-refractivity contribution is 0.211. The van der Waals surface area contributed by atoms with E-state index in [1.54, 1.807) is 6.07 Å². The fourth-order valence-corrected chi connectivity index (χ4v) is 2.88. The Morgan fingerprint density at radius 3 is 1.96 bits per heavy atom. The van der Waals surface area contributed by atoms with E-state index in [1.165, 1.54) is 0 Å². The molecule has 0 radical (unpaired) electrons. The first-order valence-corrected chi connectivity index (χ1v) is 8.96. The second-order valence-electron chi connectivity index (χ2n) is 7.31. The highest BCUT2D eigenvalue weighted by atomic mass is 16.5. The second kappa shape index (κ2) is 8.00. The molecule has 0 saturated heterocycles. The van der Waals surface area contributed by atoms with Gasteiger partial charge in [-0.05, 0) is 17.2 Å². The van der Waals surface area contributed by atoms with Crippen LogP contribution in [-0.2, 0) is 0 Å². The Hall–Kier alpha value is -3.20. The van der Waals surface area contributed by atoms with E-state index in [1.807, 2.05) is 99.6 Å². The molecule has 3 nitrogen and oxygen atoms in total. The Balaban J connectivity index is 1.92. The lowest BCUT2D eigenvalue weighted by Gasteiger charge is -2.21. The summed E-state index contributed by atoms with van der Waals surface area (Å²) in [4.78, 5) is 16.9. The predicted molar refractivity (Wildman–Crippen MR) is 110 cm³/mol. The smallest absolute Gasteiger partial charge is 0.408 e. The molecule has 0 aromatic heterocycles. The van der Waals surface area contributed by atoms with Crippen LogP contribution >= 0.6 is 0 Å². The van der Waals surface area contributed by atoms with E-state index in [-0.39, 0.29) is 5.41 Å². The Bertz CT molecular complexity index is 939. The number of carbonyl (C=O) groups excluding carboxylic acids is 1. The Morgan fingerprint density at radius 2 is 1.33 bits per heavy atom. The van der Waals surface area contributed by atoms with E-state index >= 15 is 0 Å². The molecule has 0 bridgehead atoms. The van der Waals surface area contributed by atoms with Crippen LogP contribution in [0.15, 0.2) is 89.9 Å². The van der Waals surface area contributed by atoms with Crippen LogP contribution in [0.1, 0.15) is 26.3 Å². The van der Waals surface area contributed by atoms with Crippen LogP contribution in [0, 0.1) is 5.41 Å². The number of hydrogen-bond donors (Lipinski definition) is 0. The molecule has 1 amide bonds. The zero-order valence-electron chi connectivity index (χ0n) is 15.8. The highest BCUT2D eigenvalue weighted by Gasteiger charge is 2.22. The summed E-state index contributed by atoms with van der Waals surface area (Å²) in [6.45, 7) is 6.10. The molecule has 0 aliphatic heterocycles. The predicted octanol–water partition coefficient (Wildman–Crippen LogP) is 6.39. The molecule has 0 aliphatic rings. The monoisotopic (exact) mass is 357 g/mol. The fourth-order valence-electron chi connectivity index (χ4n) is 2.88. The van der Waals surface area contributed by atoms with Crippen molar-refractivity contribution in [3.05, 3.63) is 90.5 Å². The zero-order valence-corrected chi connectivity index (χ0v) is 15.8. The number of amides is 1. The van der Waals surface area contributed by atoms with Crippen LogP contribution < -0.4 is 4.74 Å². The number of ether oxygens (including phenoxy) is 1. The Morgan fingerprint density at radius 1 is 0.778 bits per heavy atom. The quantitative estimate of drug-likeness (QED) is 0.510. The Kier molecular flexibility index (Phi) is 5.51. The molecule has 0 N–H and O–H groups in total. The summed E-state index contributed by atoms with van der Waals surface area (Å²) in [6.07, 6.45) is -0.618. The van der Waals surface area contributed by atoms with Gasteiger partial charge in [-0.1, -0.05) is 99.6 Å². The average molecular weight is 357 g/mol. The minimum atomic E-state index is -0.618. The van der Waals surface area contributed by atoms with Crippen molar-refractivity contribution in [2.45, 2.75) is 20.8 Å². The molecule has 0 saturated carbocycles. The molecule has 3 aromatic carbocycles. The van der Waals surface area contributed by atoms with Crippen molar-refractivity contribution >= 4 is 11.8 Å². The van der Waals surface area contributed by atoms with E-state index in [0.717, 1.165) is 16.7 Å². The van der Waals surface area contributed by atoms with E-state index in [4.69, 9.17) is 4.74 Å². The number of nitrogens with zero attached hydrogens (tertiary/aromatic N) is 1. The number of carbonyl (C=O) groups is 1. The number of benzene rings is 3. The second-order valence-corrected chi connectivity index (χ2v) is 7.31. The standard InChI is InChI=1S/C24H23NO2/c1-24(2,3)22(19-14-8-5-9-15-19)25-23(26)27-21-17-11-10-16-20(21)18-12-6-4-7-13-18/h4-17H,1-3H3. The number of para-hydroxylation sites is 1. The van der Waals surface area contributed by atoms with Crippen molar-refractivity contribution < 1.29 is 9.53 Å². The van der Waals surface area contributed by atoms with Gasteiger partial charge in [0.1, 0.15) is 5.75 Å². The van der Waals surface area contributed by atoms with Gasteiger partial charge >= 0.3 is 6.09 Å². The SMILES string of the molecule is CC(C)(C)C(=NC(=O)Oc1ccccc1-c1ccccc1)c1ccccc1. The first-order chi connectivity index (χ1) is 12.9. The lowest BCUT2D eigenvalue weighted by atomic mass is 9.85. The highest BCUT2D eigenvalue weighted by molar-refractivity contribution is 6.08. The van der Waals surface area contributed by atoms with Crippen molar-refractivity contribution in [1.29, 1.82) is 0 Å². The van der Waals surface area contributed by atoms with Crippen LogP contribution in [0.3, 0.4) is 0 Å². The summed E-state index contributed by atoms with van der Waals surface area (Å²) in [7, 11) is 0. The summed E-state index contributed by atoms with van der Waals surface area (Å²) in [5.41, 5.74) is 3.17. The molecule has 0 unspecified atom stereocenters. The van der Waals surface area contributed by atoms with Crippen LogP contribution in [0.5, 0.6) is 5.75 Å². The van der Waals surface area contributed by atoms with Gasteiger partial charge in [0.2, 0.25) is 0 Å². The average Bonchev–Trinajstić information content (AvgIpc) is 2.67. The molecule has 0 heterocycles. The maximum Gasteiger partial charge on any atom is 0.439 e. The summed E-state index contributed by atoms with van der Waals surface area (Å²) in [5, 5.41) is 0. The van der Waals surface area contributed by atoms with Crippen LogP contribution in [0.25, 0.3) is 11.1 Å². The van der Waals surface area contributed by atoms with E-state index in [9.17, 15) is 4.79 Å². The molecule has 3 rings (SSSR count). The van der Waals surface area contributed by atoms with Gasteiger partial charge in [0.25, 0.3) is 0 Å². The summed E-state index contributed by atoms with van der Waals surface area (Å²) < 4.78 is 5.62. The van der Waals surface area contributed by atoms with Gasteiger partial charge in [0.05, 0.1) is 5.71 Å². The summed E-state index contributed by atoms with van der Waals surface area (Å²) in [6, 6.07) is 27.1. The van der Waals surface area contributed by atoms with E-state index < -0.39 is 6.09 Å². The molecule has 3 heteroatoms. The molecule has 27 heavy (non-hydrogen) atoms. The third-order valence-electron chi connectivity index (χ3n) is 4.13. The van der Waals surface area contributed by atoms with Gasteiger partial charge in [-0.2, -0.15) is 4.99 Å². The summed E-state index contributed by atoms with van der Waals surface area (Å²) in [5.74, 6) is 0.499. The number of aliphatic imine (C=N–C) groups is 1. The molecule has 136 valence electrons. The highest BCUT2D eigenvalue weighted by Crippen LogP contribution is 2.30. The Labute approximate surface area is 160 Å². The van der Waals surface area contributed by atoms with Crippen LogP contribution in [0.2, 0.25) is 0 Å². The normalized spacial score (nSPS) is 11.9. The van der Waals surface area contributed by atoms with Gasteiger partial charge in [-0.3, -0.25) is 0 Å². The number of rotatable bonds is 3. The van der Waals surface area contributed by atoms with Crippen molar-refractivity contribution in [2.24, 2.45) is 10.4 Å². The molecule has 3 aromatic rings. The van der Waals surface area contributed by atoms with Crippen molar-refractivity contribution in [3.8, 4) is 16.9 Å². The van der Waals surface area contributed by atoms with Crippen LogP contribution in [-0.4, -0.2) is 11.8 Å². The third-order valence-corrected chi connectivity index (χ3v) is 4.13. The van der Waals surface area contributed by atoms with Gasteiger partial charge in [-0.15, -0.1) is 0 Å². The molecule has 0 fully saturated rings. The van der Waals surface area contributed by atoms with Crippen molar-refractivity contribution in [2.75, 3.05) is 0 Å². The first-order valence-electron chi connectivity index (χ1n) is 8.96. The first kappa shape index (κ1) is 18.6. The van der Waals surface area contributed by atoms with Gasteiger partial charge in [0, 0.05) is 11.0 Å². The lowest BCUT2D eigenvalue weighted by Crippen LogP contribution is -2.23. The maximum atomic E-state index is 12.6.